The Balaban J connectivity index is 1.95. The number of fused-ring (bicyclic) bond motifs is 1. The fourth-order valence-corrected chi connectivity index (χ4v) is 3.27. The summed E-state index contributed by atoms with van der Waals surface area (Å²) in [6.45, 7) is 1.70. The number of aryl methyl sites for hydroxylation is 1. The first-order valence-corrected chi connectivity index (χ1v) is 8.71. The molecule has 0 fully saturated rings. The number of H-pyrrole nitrogens is 2. The lowest BCUT2D eigenvalue weighted by atomic mass is 9.97. The maximum absolute atomic E-state index is 13.2. The van der Waals surface area contributed by atoms with Gasteiger partial charge in [0.1, 0.15) is 17.7 Å². The Morgan fingerprint density at radius 1 is 1.10 bits per heavy atom. The number of carbonyl (C=O) groups excluding carboxylic acids is 1. The largest absolute Gasteiger partial charge is 0.416 e. The third-order valence-corrected chi connectivity index (χ3v) is 4.74. The lowest BCUT2D eigenvalue weighted by Gasteiger charge is -2.12. The van der Waals surface area contributed by atoms with E-state index in [2.05, 4.69) is 25.3 Å². The fourth-order valence-electron chi connectivity index (χ4n) is 3.27. The van der Waals surface area contributed by atoms with E-state index in [1.807, 2.05) is 0 Å². The van der Waals surface area contributed by atoms with Gasteiger partial charge in [0, 0.05) is 24.2 Å². The standard InChI is InChI=1S/C20H16F3N5O/c1-10-3-4-11(20(21,22)23)7-13(10)14-8-15(28-17(14)19(29)24-2)16-12-5-6-25-18(12)27-9-26-16/h3-9,28H,1-2H3,(H,24,29)(H,25,26,27). The van der Waals surface area contributed by atoms with E-state index in [9.17, 15) is 18.0 Å². The molecule has 4 rings (SSSR count). The number of nitrogens with zero attached hydrogens (tertiary/aromatic N) is 2. The van der Waals surface area contributed by atoms with E-state index in [0.717, 1.165) is 17.5 Å². The number of aromatic amines is 2. The maximum Gasteiger partial charge on any atom is 0.416 e. The predicted molar refractivity (Wildman–Crippen MR) is 102 cm³/mol. The zero-order chi connectivity index (χ0) is 20.8. The molecule has 0 bridgehead atoms. The molecule has 29 heavy (non-hydrogen) atoms. The average Bonchev–Trinajstić information content (AvgIpc) is 3.33. The smallest absolute Gasteiger partial charge is 0.354 e. The Labute approximate surface area is 163 Å². The molecule has 0 saturated heterocycles. The summed E-state index contributed by atoms with van der Waals surface area (Å²) in [5, 5.41) is 3.25. The first-order chi connectivity index (χ1) is 13.8. The topological polar surface area (TPSA) is 86.5 Å². The van der Waals surface area contributed by atoms with Crippen LogP contribution in [0.3, 0.4) is 0 Å². The summed E-state index contributed by atoms with van der Waals surface area (Å²) in [4.78, 5) is 26.9. The quantitative estimate of drug-likeness (QED) is 0.480. The number of benzene rings is 1. The SMILES string of the molecule is CNC(=O)c1[nH]c(-c2ncnc3[nH]ccc23)cc1-c1cc(C(F)(F)F)ccc1C. The van der Waals surface area contributed by atoms with Gasteiger partial charge in [-0.15, -0.1) is 0 Å². The van der Waals surface area contributed by atoms with E-state index in [4.69, 9.17) is 0 Å². The Morgan fingerprint density at radius 2 is 1.90 bits per heavy atom. The minimum Gasteiger partial charge on any atom is -0.354 e. The minimum atomic E-state index is -4.49. The molecule has 0 atom stereocenters. The monoisotopic (exact) mass is 399 g/mol. The van der Waals surface area contributed by atoms with E-state index in [0.29, 0.717) is 33.7 Å². The molecule has 0 aliphatic heterocycles. The van der Waals surface area contributed by atoms with Crippen LogP contribution in [-0.2, 0) is 6.18 Å². The van der Waals surface area contributed by atoms with Crippen molar-refractivity contribution in [1.82, 2.24) is 25.3 Å². The average molecular weight is 399 g/mol. The number of nitrogens with one attached hydrogen (secondary N) is 3. The first kappa shape index (κ1) is 18.7. The second kappa shape index (κ2) is 6.77. The molecule has 0 unspecified atom stereocenters. The van der Waals surface area contributed by atoms with Crippen molar-refractivity contribution in [1.29, 1.82) is 0 Å². The number of aromatic nitrogens is 4. The van der Waals surface area contributed by atoms with Crippen molar-refractivity contribution in [3.63, 3.8) is 0 Å². The van der Waals surface area contributed by atoms with Gasteiger partial charge in [0.15, 0.2) is 0 Å². The van der Waals surface area contributed by atoms with Crippen LogP contribution in [0.4, 0.5) is 13.2 Å². The van der Waals surface area contributed by atoms with Gasteiger partial charge in [-0.1, -0.05) is 6.07 Å². The fraction of sp³-hybridized carbons (Fsp3) is 0.150. The van der Waals surface area contributed by atoms with Gasteiger partial charge in [-0.2, -0.15) is 13.2 Å². The van der Waals surface area contributed by atoms with Gasteiger partial charge in [0.2, 0.25) is 0 Å². The Morgan fingerprint density at radius 3 is 2.62 bits per heavy atom. The Hall–Kier alpha value is -3.62. The third-order valence-electron chi connectivity index (χ3n) is 4.74. The highest BCUT2D eigenvalue weighted by Crippen LogP contribution is 2.37. The van der Waals surface area contributed by atoms with Crippen molar-refractivity contribution >= 4 is 16.9 Å². The molecular weight excluding hydrogens is 383 g/mol. The summed E-state index contributed by atoms with van der Waals surface area (Å²) in [6.07, 6.45) is -1.40. The van der Waals surface area contributed by atoms with Crippen molar-refractivity contribution in [3.8, 4) is 22.5 Å². The van der Waals surface area contributed by atoms with Crippen molar-refractivity contribution in [2.75, 3.05) is 7.05 Å². The van der Waals surface area contributed by atoms with E-state index < -0.39 is 17.6 Å². The van der Waals surface area contributed by atoms with E-state index in [1.54, 1.807) is 25.3 Å². The summed E-state index contributed by atoms with van der Waals surface area (Å²) < 4.78 is 39.7. The van der Waals surface area contributed by atoms with E-state index in [1.165, 1.54) is 19.4 Å². The van der Waals surface area contributed by atoms with Crippen LogP contribution >= 0.6 is 0 Å². The summed E-state index contributed by atoms with van der Waals surface area (Å²) in [5.41, 5.74) is 2.34. The molecule has 3 N–H and O–H groups in total. The summed E-state index contributed by atoms with van der Waals surface area (Å²) >= 11 is 0. The van der Waals surface area contributed by atoms with Gasteiger partial charge in [-0.05, 0) is 42.3 Å². The molecule has 6 nitrogen and oxygen atoms in total. The van der Waals surface area contributed by atoms with Gasteiger partial charge in [0.05, 0.1) is 17.0 Å². The van der Waals surface area contributed by atoms with Crippen LogP contribution in [0.2, 0.25) is 0 Å². The molecule has 9 heteroatoms. The number of hydrogen-bond donors (Lipinski definition) is 3. The van der Waals surface area contributed by atoms with Gasteiger partial charge in [-0.25, -0.2) is 9.97 Å². The van der Waals surface area contributed by atoms with Crippen LogP contribution in [0.15, 0.2) is 42.9 Å². The molecule has 1 aromatic carbocycles. The number of amides is 1. The molecule has 1 amide bonds. The van der Waals surface area contributed by atoms with E-state index in [-0.39, 0.29) is 5.69 Å². The van der Waals surface area contributed by atoms with E-state index >= 15 is 0 Å². The van der Waals surface area contributed by atoms with Gasteiger partial charge < -0.3 is 15.3 Å². The molecular formula is C20H16F3N5O. The number of rotatable bonds is 3. The molecule has 0 aliphatic rings. The number of carbonyl (C=O) groups is 1. The number of hydrogen-bond acceptors (Lipinski definition) is 3. The van der Waals surface area contributed by atoms with Crippen LogP contribution in [0.5, 0.6) is 0 Å². The second-order valence-corrected chi connectivity index (χ2v) is 6.54. The maximum atomic E-state index is 13.2. The van der Waals surface area contributed by atoms with Gasteiger partial charge in [0.25, 0.3) is 5.91 Å². The zero-order valence-corrected chi connectivity index (χ0v) is 15.5. The van der Waals surface area contributed by atoms with Gasteiger partial charge >= 0.3 is 6.18 Å². The summed E-state index contributed by atoms with van der Waals surface area (Å²) in [5.74, 6) is -0.442. The molecule has 3 aromatic heterocycles. The van der Waals surface area contributed by atoms with Crippen molar-refractivity contribution in [3.05, 3.63) is 59.7 Å². The third kappa shape index (κ3) is 3.24. The Bertz CT molecular complexity index is 1220. The normalized spacial score (nSPS) is 11.8. The first-order valence-electron chi connectivity index (χ1n) is 8.71. The molecule has 3 heterocycles. The minimum absolute atomic E-state index is 0.159. The molecule has 0 saturated carbocycles. The number of halogens is 3. The van der Waals surface area contributed by atoms with Crippen LogP contribution in [0.1, 0.15) is 21.6 Å². The van der Waals surface area contributed by atoms with Crippen LogP contribution in [0, 0.1) is 6.92 Å². The molecule has 148 valence electrons. The van der Waals surface area contributed by atoms with Crippen LogP contribution in [0.25, 0.3) is 33.5 Å². The van der Waals surface area contributed by atoms with Crippen molar-refractivity contribution in [2.45, 2.75) is 13.1 Å². The highest BCUT2D eigenvalue weighted by Gasteiger charge is 2.31. The Kier molecular flexibility index (Phi) is 4.37. The van der Waals surface area contributed by atoms with Crippen LogP contribution < -0.4 is 5.32 Å². The molecule has 4 aromatic rings. The van der Waals surface area contributed by atoms with Gasteiger partial charge in [-0.3, -0.25) is 4.79 Å². The molecule has 0 spiro atoms. The highest BCUT2D eigenvalue weighted by molar-refractivity contribution is 6.02. The zero-order valence-electron chi connectivity index (χ0n) is 15.5. The molecule has 0 radical (unpaired) electrons. The van der Waals surface area contributed by atoms with Crippen molar-refractivity contribution < 1.29 is 18.0 Å². The number of alkyl halides is 3. The van der Waals surface area contributed by atoms with Crippen molar-refractivity contribution in [2.24, 2.45) is 0 Å². The summed E-state index contributed by atoms with van der Waals surface area (Å²) in [7, 11) is 1.46. The molecule has 0 aliphatic carbocycles. The summed E-state index contributed by atoms with van der Waals surface area (Å²) in [6, 6.07) is 6.91. The van der Waals surface area contributed by atoms with Crippen LogP contribution in [-0.4, -0.2) is 32.9 Å². The lowest BCUT2D eigenvalue weighted by molar-refractivity contribution is -0.137. The lowest BCUT2D eigenvalue weighted by Crippen LogP contribution is -2.19. The highest BCUT2D eigenvalue weighted by atomic mass is 19.4. The second-order valence-electron chi connectivity index (χ2n) is 6.54. The predicted octanol–water partition coefficient (Wildman–Crippen LogP) is 4.31.